The molecular formula is C55H32O. The van der Waals surface area contributed by atoms with Gasteiger partial charge in [0.2, 0.25) is 0 Å². The summed E-state index contributed by atoms with van der Waals surface area (Å²) in [6.07, 6.45) is 0. The summed E-state index contributed by atoms with van der Waals surface area (Å²) < 4.78 is 6.51. The Hall–Kier alpha value is -7.22. The molecule has 0 unspecified atom stereocenters. The second-order valence-electron chi connectivity index (χ2n) is 15.5. The lowest BCUT2D eigenvalue weighted by molar-refractivity contribution is 0.487. The standard InChI is InChI=1S/C55H32O/c1-2-12-34-31-35(24-23-33(34)11-1)37-16-9-19-46-39(37)27-28-47-42-26-25-36(38-29-30-52-53-44(38)17-10-18-45(53)43-15-5-8-22-51(43)56-52)32-50(42)55(54(46)47)48-20-6-3-13-40(48)41-14-4-7-21-49(41)55/h1-32H. The van der Waals surface area contributed by atoms with Gasteiger partial charge < -0.3 is 4.74 Å². The average Bonchev–Trinajstić information content (AvgIpc) is 3.73. The number of hydrogen-bond acceptors (Lipinski definition) is 1. The van der Waals surface area contributed by atoms with E-state index in [0.29, 0.717) is 0 Å². The second-order valence-corrected chi connectivity index (χ2v) is 15.5. The molecule has 0 radical (unpaired) electrons. The molecule has 1 heteroatoms. The van der Waals surface area contributed by atoms with Crippen LogP contribution in [0.3, 0.4) is 0 Å². The van der Waals surface area contributed by atoms with Crippen molar-refractivity contribution in [2.24, 2.45) is 0 Å². The Labute approximate surface area is 324 Å². The van der Waals surface area contributed by atoms with Gasteiger partial charge in [-0.25, -0.2) is 0 Å². The van der Waals surface area contributed by atoms with Crippen molar-refractivity contribution in [3.05, 3.63) is 216 Å². The highest BCUT2D eigenvalue weighted by Gasteiger charge is 2.52. The zero-order chi connectivity index (χ0) is 36.5. The molecule has 10 aromatic rings. The van der Waals surface area contributed by atoms with E-state index in [1.165, 1.54) is 105 Å². The van der Waals surface area contributed by atoms with Crippen LogP contribution in [0.5, 0.6) is 11.5 Å². The normalized spacial score (nSPS) is 13.6. The number of para-hydroxylation sites is 1. The fourth-order valence-electron chi connectivity index (χ4n) is 10.6. The van der Waals surface area contributed by atoms with E-state index in [-0.39, 0.29) is 0 Å². The molecule has 1 heterocycles. The van der Waals surface area contributed by atoms with E-state index in [1.54, 1.807) is 0 Å². The Morgan fingerprint density at radius 2 is 0.893 bits per heavy atom. The Morgan fingerprint density at radius 1 is 0.304 bits per heavy atom. The second kappa shape index (κ2) is 10.9. The van der Waals surface area contributed by atoms with E-state index in [2.05, 4.69) is 188 Å². The molecular weight excluding hydrogens is 677 g/mol. The van der Waals surface area contributed by atoms with Gasteiger partial charge in [-0.2, -0.15) is 0 Å². The van der Waals surface area contributed by atoms with Gasteiger partial charge in [0.15, 0.2) is 0 Å². The number of benzene rings is 10. The molecule has 3 aliphatic rings. The van der Waals surface area contributed by atoms with Crippen LogP contribution in [0, 0.1) is 0 Å². The number of hydrogen-bond donors (Lipinski definition) is 0. The molecule has 0 saturated carbocycles. The Balaban J connectivity index is 1.10. The molecule has 0 N–H and O–H groups in total. The quantitative estimate of drug-likeness (QED) is 0.174. The smallest absolute Gasteiger partial charge is 0.135 e. The van der Waals surface area contributed by atoms with Crippen LogP contribution in [0.4, 0.5) is 0 Å². The van der Waals surface area contributed by atoms with Gasteiger partial charge in [-0.1, -0.05) is 170 Å². The van der Waals surface area contributed by atoms with E-state index in [1.807, 2.05) is 6.07 Å². The molecule has 0 fully saturated rings. The average molecular weight is 709 g/mol. The highest BCUT2D eigenvalue weighted by molar-refractivity contribution is 6.12. The molecule has 2 aliphatic carbocycles. The van der Waals surface area contributed by atoms with Crippen LogP contribution in [0.1, 0.15) is 22.3 Å². The first-order valence-electron chi connectivity index (χ1n) is 19.5. The van der Waals surface area contributed by atoms with Gasteiger partial charge in [-0.3, -0.25) is 0 Å². The third-order valence-corrected chi connectivity index (χ3v) is 12.9. The van der Waals surface area contributed by atoms with Crippen molar-refractivity contribution in [1.29, 1.82) is 0 Å². The lowest BCUT2D eigenvalue weighted by atomic mass is 9.69. The summed E-state index contributed by atoms with van der Waals surface area (Å²) in [6.45, 7) is 0. The molecule has 13 rings (SSSR count). The zero-order valence-electron chi connectivity index (χ0n) is 30.4. The fourth-order valence-corrected chi connectivity index (χ4v) is 10.6. The fraction of sp³-hybridized carbons (Fsp3) is 0.0182. The summed E-state index contributed by atoms with van der Waals surface area (Å²) in [7, 11) is 0. The van der Waals surface area contributed by atoms with Crippen molar-refractivity contribution >= 4 is 32.3 Å². The van der Waals surface area contributed by atoms with Gasteiger partial charge in [0.05, 0.1) is 5.41 Å². The Kier molecular flexibility index (Phi) is 5.89. The van der Waals surface area contributed by atoms with Crippen LogP contribution in [0.2, 0.25) is 0 Å². The first-order valence-corrected chi connectivity index (χ1v) is 19.5. The van der Waals surface area contributed by atoms with E-state index in [0.717, 1.165) is 17.1 Å². The topological polar surface area (TPSA) is 9.23 Å². The van der Waals surface area contributed by atoms with Crippen molar-refractivity contribution in [2.75, 3.05) is 0 Å². The Morgan fingerprint density at radius 3 is 1.73 bits per heavy atom. The monoisotopic (exact) mass is 708 g/mol. The van der Waals surface area contributed by atoms with Gasteiger partial charge in [0.25, 0.3) is 0 Å². The summed E-state index contributed by atoms with van der Waals surface area (Å²) in [6, 6.07) is 72.2. The molecule has 1 nitrogen and oxygen atoms in total. The van der Waals surface area contributed by atoms with Gasteiger partial charge in [-0.15, -0.1) is 0 Å². The molecule has 56 heavy (non-hydrogen) atoms. The predicted octanol–water partition coefficient (Wildman–Crippen LogP) is 14.6. The number of ether oxygens (including phenoxy) is 1. The van der Waals surface area contributed by atoms with Crippen LogP contribution in [-0.2, 0) is 5.41 Å². The van der Waals surface area contributed by atoms with Crippen molar-refractivity contribution in [3.8, 4) is 67.1 Å². The van der Waals surface area contributed by atoms with Gasteiger partial charge in [0.1, 0.15) is 11.5 Å². The van der Waals surface area contributed by atoms with E-state index in [9.17, 15) is 0 Å². The Bertz CT molecular complexity index is 3300. The summed E-state index contributed by atoms with van der Waals surface area (Å²) in [5.74, 6) is 1.82. The molecule has 1 spiro atoms. The van der Waals surface area contributed by atoms with Gasteiger partial charge in [-0.05, 0) is 124 Å². The minimum absolute atomic E-state index is 0.496. The first-order chi connectivity index (χ1) is 27.8. The van der Waals surface area contributed by atoms with E-state index < -0.39 is 5.41 Å². The van der Waals surface area contributed by atoms with Gasteiger partial charge in [0, 0.05) is 10.9 Å². The maximum absolute atomic E-state index is 6.51. The summed E-state index contributed by atoms with van der Waals surface area (Å²) >= 11 is 0. The predicted molar refractivity (Wildman–Crippen MR) is 232 cm³/mol. The summed E-state index contributed by atoms with van der Waals surface area (Å²) in [5.41, 5.74) is 17.4. The third-order valence-electron chi connectivity index (χ3n) is 12.9. The van der Waals surface area contributed by atoms with Crippen molar-refractivity contribution in [1.82, 2.24) is 0 Å². The number of fused-ring (bicyclic) bond motifs is 15. The molecule has 0 bridgehead atoms. The van der Waals surface area contributed by atoms with E-state index in [4.69, 9.17) is 4.74 Å². The highest BCUT2D eigenvalue weighted by Crippen LogP contribution is 2.65. The van der Waals surface area contributed by atoms with Crippen LogP contribution in [0.15, 0.2) is 194 Å². The molecule has 258 valence electrons. The van der Waals surface area contributed by atoms with Crippen molar-refractivity contribution in [2.45, 2.75) is 5.41 Å². The van der Waals surface area contributed by atoms with Gasteiger partial charge >= 0.3 is 0 Å². The zero-order valence-corrected chi connectivity index (χ0v) is 30.4. The van der Waals surface area contributed by atoms with Crippen LogP contribution >= 0.6 is 0 Å². The van der Waals surface area contributed by atoms with Crippen molar-refractivity contribution in [3.63, 3.8) is 0 Å². The third kappa shape index (κ3) is 3.79. The molecule has 0 saturated heterocycles. The maximum atomic E-state index is 6.51. The SMILES string of the molecule is c1ccc2c(c1)Oc1ccc(-c3ccc4c(c3)C3(c5ccccc5-c5ccccc53)c3c-4ccc4c(-c5ccc6ccccc6c5)cccc34)c3cccc-2c13. The van der Waals surface area contributed by atoms with Crippen LogP contribution in [-0.4, -0.2) is 0 Å². The van der Waals surface area contributed by atoms with Crippen LogP contribution in [0.25, 0.3) is 88.0 Å². The minimum atomic E-state index is -0.496. The molecule has 0 atom stereocenters. The maximum Gasteiger partial charge on any atom is 0.135 e. The molecule has 0 aromatic heterocycles. The molecule has 10 aromatic carbocycles. The lowest BCUT2D eigenvalue weighted by Gasteiger charge is -2.32. The molecule has 1 aliphatic heterocycles. The molecule has 0 amide bonds. The lowest BCUT2D eigenvalue weighted by Crippen LogP contribution is -2.26. The number of rotatable bonds is 2. The summed E-state index contributed by atoms with van der Waals surface area (Å²) in [4.78, 5) is 0. The van der Waals surface area contributed by atoms with E-state index >= 15 is 0 Å². The highest BCUT2D eigenvalue weighted by atomic mass is 16.5. The van der Waals surface area contributed by atoms with Crippen LogP contribution < -0.4 is 4.74 Å². The summed E-state index contributed by atoms with van der Waals surface area (Å²) in [5, 5.41) is 7.47. The first kappa shape index (κ1) is 30.1. The van der Waals surface area contributed by atoms with Crippen molar-refractivity contribution < 1.29 is 4.74 Å². The minimum Gasteiger partial charge on any atom is -0.456 e. The largest absolute Gasteiger partial charge is 0.456 e.